The van der Waals surface area contributed by atoms with Crippen LogP contribution in [-0.2, 0) is 16.6 Å². The van der Waals surface area contributed by atoms with Gasteiger partial charge in [0.1, 0.15) is 4.21 Å². The molecule has 1 atom stereocenters. The summed E-state index contributed by atoms with van der Waals surface area (Å²) in [6.45, 7) is 5.99. The fraction of sp³-hybridized carbons (Fsp3) is 0.280. The van der Waals surface area contributed by atoms with Crippen molar-refractivity contribution in [1.82, 2.24) is 15.1 Å². The number of rotatable bonds is 8. The fourth-order valence-corrected chi connectivity index (χ4v) is 6.69. The quantitative estimate of drug-likeness (QED) is 0.231. The largest absolute Gasteiger partial charge is 0.493 e. The van der Waals surface area contributed by atoms with Crippen molar-refractivity contribution in [2.24, 2.45) is 5.41 Å². The topological polar surface area (TPSA) is 123 Å². The number of hydrogen-bond acceptors (Lipinski definition) is 6. The van der Waals surface area contributed by atoms with E-state index in [1.165, 1.54) is 36.1 Å². The van der Waals surface area contributed by atoms with E-state index in [0.717, 1.165) is 22.5 Å². The van der Waals surface area contributed by atoms with Crippen molar-refractivity contribution in [1.29, 1.82) is 0 Å². The van der Waals surface area contributed by atoms with Crippen LogP contribution in [0.5, 0.6) is 5.75 Å². The number of carboxylic acid groups (broad SMARTS) is 1. The number of anilines is 1. The Morgan fingerprint density at radius 1 is 1.24 bits per heavy atom. The Balaban J connectivity index is 1.78. The summed E-state index contributed by atoms with van der Waals surface area (Å²) in [4.78, 5) is 11.4. The van der Waals surface area contributed by atoms with E-state index in [1.807, 2.05) is 45.0 Å². The van der Waals surface area contributed by atoms with Gasteiger partial charge in [-0.2, -0.15) is 5.10 Å². The molecule has 202 valence electrons. The summed E-state index contributed by atoms with van der Waals surface area (Å²) in [5.74, 6) is -0.922. The normalized spacial score (nSPS) is 12.9. The number of aromatic nitrogens is 2. The van der Waals surface area contributed by atoms with Crippen LogP contribution in [0.2, 0.25) is 4.34 Å². The molecule has 2 aromatic carbocycles. The molecule has 38 heavy (non-hydrogen) atoms. The predicted molar refractivity (Wildman–Crippen MR) is 145 cm³/mol. The molecule has 13 heteroatoms. The summed E-state index contributed by atoms with van der Waals surface area (Å²) in [5, 5.41) is 16.6. The van der Waals surface area contributed by atoms with E-state index in [2.05, 4.69) is 15.1 Å². The van der Waals surface area contributed by atoms with E-state index < -0.39 is 33.4 Å². The van der Waals surface area contributed by atoms with Crippen LogP contribution in [0.1, 0.15) is 37.9 Å². The summed E-state index contributed by atoms with van der Waals surface area (Å²) in [7, 11) is -2.77. The van der Waals surface area contributed by atoms with Crippen LogP contribution in [-0.4, -0.2) is 36.5 Å². The number of methoxy groups -OCH3 is 1. The summed E-state index contributed by atoms with van der Waals surface area (Å²) < 4.78 is 50.2. The van der Waals surface area contributed by atoms with Gasteiger partial charge in [0.25, 0.3) is 10.0 Å². The monoisotopic (exact) mass is 580 g/mol. The summed E-state index contributed by atoms with van der Waals surface area (Å²) >= 11 is 6.80. The number of nitrogens with zero attached hydrogens (tertiary/aromatic N) is 2. The minimum Gasteiger partial charge on any atom is -0.493 e. The van der Waals surface area contributed by atoms with Gasteiger partial charge in [-0.05, 0) is 40.8 Å². The van der Waals surface area contributed by atoms with Crippen molar-refractivity contribution in [2.75, 3.05) is 11.8 Å². The second-order valence-electron chi connectivity index (χ2n) is 9.64. The van der Waals surface area contributed by atoms with Crippen molar-refractivity contribution < 1.29 is 27.4 Å². The lowest BCUT2D eigenvalue weighted by Gasteiger charge is -2.31. The van der Waals surface area contributed by atoms with Gasteiger partial charge in [0, 0.05) is 0 Å². The molecule has 0 bridgehead atoms. The first-order valence-electron chi connectivity index (χ1n) is 11.4. The van der Waals surface area contributed by atoms with Gasteiger partial charge in [-0.15, -0.1) is 11.3 Å². The maximum Gasteiger partial charge on any atom is 0.405 e. The number of halogens is 2. The van der Waals surface area contributed by atoms with Gasteiger partial charge in [0.2, 0.25) is 0 Å². The highest BCUT2D eigenvalue weighted by Gasteiger charge is 2.28. The molecule has 0 spiro atoms. The third-order valence-corrected chi connectivity index (χ3v) is 8.88. The highest BCUT2D eigenvalue weighted by atomic mass is 35.5. The molecule has 9 nitrogen and oxygen atoms in total. The molecule has 0 aliphatic rings. The number of thiophene rings is 1. The Morgan fingerprint density at radius 2 is 1.97 bits per heavy atom. The van der Waals surface area contributed by atoms with E-state index in [1.54, 1.807) is 0 Å². The van der Waals surface area contributed by atoms with E-state index in [9.17, 15) is 22.7 Å². The number of benzene rings is 2. The Kier molecular flexibility index (Phi) is 7.60. The van der Waals surface area contributed by atoms with Crippen LogP contribution < -0.4 is 14.8 Å². The summed E-state index contributed by atoms with van der Waals surface area (Å²) in [5.41, 5.74) is 1.56. The van der Waals surface area contributed by atoms with Crippen molar-refractivity contribution >= 4 is 55.8 Å². The lowest BCUT2D eigenvalue weighted by Crippen LogP contribution is -2.35. The molecule has 0 aliphatic carbocycles. The first-order valence-corrected chi connectivity index (χ1v) is 14.1. The average molecular weight is 581 g/mol. The zero-order valence-corrected chi connectivity index (χ0v) is 23.3. The van der Waals surface area contributed by atoms with Crippen LogP contribution in [0.25, 0.3) is 10.9 Å². The fourth-order valence-electron chi connectivity index (χ4n) is 4.19. The van der Waals surface area contributed by atoms with Crippen molar-refractivity contribution in [3.8, 4) is 5.75 Å². The van der Waals surface area contributed by atoms with E-state index >= 15 is 0 Å². The van der Waals surface area contributed by atoms with Crippen LogP contribution in [0, 0.1) is 11.2 Å². The van der Waals surface area contributed by atoms with Crippen molar-refractivity contribution in [3.63, 3.8) is 0 Å². The summed E-state index contributed by atoms with van der Waals surface area (Å²) in [6.07, 6.45) is -1.13. The Morgan fingerprint density at radius 3 is 2.58 bits per heavy atom. The molecule has 4 aromatic rings. The minimum absolute atomic E-state index is 0.0209. The maximum absolute atomic E-state index is 14.6. The highest BCUT2D eigenvalue weighted by Crippen LogP contribution is 2.37. The Labute approximate surface area is 228 Å². The molecule has 0 radical (unpaired) electrons. The third-order valence-electron chi connectivity index (χ3n) is 5.82. The number of ether oxygens (including phenoxy) is 1. The molecular weight excluding hydrogens is 555 g/mol. The zero-order chi connectivity index (χ0) is 27.8. The lowest BCUT2D eigenvalue weighted by atomic mass is 9.82. The van der Waals surface area contributed by atoms with Gasteiger partial charge in [0.15, 0.2) is 17.4 Å². The smallest absolute Gasteiger partial charge is 0.405 e. The molecule has 0 fully saturated rings. The molecule has 2 heterocycles. The third kappa shape index (κ3) is 5.71. The molecule has 2 aromatic heterocycles. The number of fused-ring (bicyclic) bond motifs is 1. The number of hydrogen-bond donors (Lipinski definition) is 3. The SMILES string of the molecule is COc1c(F)ccc2c1c(NS(=O)(=O)c1ccc(Cl)s1)nn2Cc1cccc(C(NC(=O)O)C(C)(C)C)c1. The van der Waals surface area contributed by atoms with E-state index in [-0.39, 0.29) is 27.7 Å². The molecule has 4 rings (SSSR count). The lowest BCUT2D eigenvalue weighted by molar-refractivity contribution is 0.175. The van der Waals surface area contributed by atoms with Gasteiger partial charge in [-0.3, -0.25) is 9.40 Å². The predicted octanol–water partition coefficient (Wildman–Crippen LogP) is 6.10. The Bertz CT molecular complexity index is 1610. The van der Waals surface area contributed by atoms with Gasteiger partial charge in [-0.25, -0.2) is 17.6 Å². The first kappa shape index (κ1) is 27.7. The van der Waals surface area contributed by atoms with Crippen LogP contribution in [0.4, 0.5) is 15.0 Å². The second-order valence-corrected chi connectivity index (χ2v) is 13.3. The average Bonchev–Trinajstić information content (AvgIpc) is 3.41. The molecule has 1 amide bonds. The molecular formula is C25H26ClFN4O5S2. The zero-order valence-electron chi connectivity index (χ0n) is 21.0. The number of carbonyl (C=O) groups is 1. The van der Waals surface area contributed by atoms with Gasteiger partial charge in [0.05, 0.1) is 34.9 Å². The van der Waals surface area contributed by atoms with Crippen LogP contribution >= 0.6 is 22.9 Å². The molecule has 0 saturated carbocycles. The maximum atomic E-state index is 14.6. The Hall–Kier alpha value is -3.35. The number of amides is 1. The summed E-state index contributed by atoms with van der Waals surface area (Å²) in [6, 6.07) is 12.4. The van der Waals surface area contributed by atoms with Gasteiger partial charge < -0.3 is 15.2 Å². The molecule has 0 aliphatic heterocycles. The van der Waals surface area contributed by atoms with E-state index in [0.29, 0.717) is 9.85 Å². The standard InChI is InChI=1S/C25H26ClFN4O5S2/c1-25(2,3)22(28-24(32)33)15-7-5-6-14(12-15)13-31-17-9-8-16(27)21(36-4)20(17)23(29-31)30-38(34,35)19-11-10-18(26)37-19/h5-12,22,28H,13H2,1-4H3,(H,29,30)(H,32,33). The number of nitrogens with one attached hydrogen (secondary N) is 2. The molecule has 3 N–H and O–H groups in total. The highest BCUT2D eigenvalue weighted by molar-refractivity contribution is 7.94. The first-order chi connectivity index (χ1) is 17.8. The van der Waals surface area contributed by atoms with Crippen molar-refractivity contribution in [3.05, 3.63) is 69.8 Å². The van der Waals surface area contributed by atoms with Crippen molar-refractivity contribution in [2.45, 2.75) is 37.6 Å². The minimum atomic E-state index is -4.06. The van der Waals surface area contributed by atoms with E-state index in [4.69, 9.17) is 16.3 Å². The molecule has 0 saturated heterocycles. The van der Waals surface area contributed by atoms with Crippen LogP contribution in [0.3, 0.4) is 0 Å². The van der Waals surface area contributed by atoms with Gasteiger partial charge >= 0.3 is 6.09 Å². The van der Waals surface area contributed by atoms with Gasteiger partial charge in [-0.1, -0.05) is 56.6 Å². The van der Waals surface area contributed by atoms with Crippen LogP contribution in [0.15, 0.2) is 52.7 Å². The number of sulfonamides is 1. The second kappa shape index (κ2) is 10.4. The molecule has 1 unspecified atom stereocenters.